The van der Waals surface area contributed by atoms with E-state index in [1.807, 2.05) is 0 Å². The first-order valence-electron chi connectivity index (χ1n) is 5.80. The summed E-state index contributed by atoms with van der Waals surface area (Å²) >= 11 is 0. The molecule has 2 atom stereocenters. The molecule has 0 saturated heterocycles. The molecule has 0 spiro atoms. The molecule has 2 N–H and O–H groups in total. The highest BCUT2D eigenvalue weighted by molar-refractivity contribution is 5.97. The average Bonchev–Trinajstić information content (AvgIpc) is 2.42. The predicted octanol–water partition coefficient (Wildman–Crippen LogP) is 1.15. The number of aliphatic hydroxyl groups is 1. The lowest BCUT2D eigenvalue weighted by Gasteiger charge is -2.31. The second-order valence-corrected chi connectivity index (χ2v) is 4.29. The highest BCUT2D eigenvalue weighted by Crippen LogP contribution is 2.34. The summed E-state index contributed by atoms with van der Waals surface area (Å²) in [5.41, 5.74) is 0.232. The maximum absolute atomic E-state index is 12.5. The van der Waals surface area contributed by atoms with Crippen LogP contribution in [0.3, 0.4) is 0 Å². The minimum atomic E-state index is -5.16. The van der Waals surface area contributed by atoms with E-state index < -0.39 is 29.9 Å². The average molecular weight is 301 g/mol. The normalized spacial score (nSPS) is 25.3. The van der Waals surface area contributed by atoms with E-state index in [0.29, 0.717) is 0 Å². The van der Waals surface area contributed by atoms with Gasteiger partial charge in [0.2, 0.25) is 0 Å². The number of hydrogen-bond acceptors (Lipinski definition) is 4. The quantitative estimate of drug-likeness (QED) is 0.634. The molecule has 21 heavy (non-hydrogen) atoms. The smallest absolute Gasteiger partial charge is 0.418 e. The topological polar surface area (TPSA) is 75.6 Å². The number of ether oxygens (including phenoxy) is 1. The predicted molar refractivity (Wildman–Crippen MR) is 63.9 cm³/mol. The molecule has 5 nitrogen and oxygen atoms in total. The number of halogens is 3. The van der Waals surface area contributed by atoms with E-state index in [1.165, 1.54) is 12.1 Å². The van der Waals surface area contributed by atoms with Crippen LogP contribution in [0, 0.1) is 0 Å². The molecule has 0 aliphatic carbocycles. The van der Waals surface area contributed by atoms with Crippen LogP contribution in [0.5, 0.6) is 0 Å². The van der Waals surface area contributed by atoms with Gasteiger partial charge in [0.25, 0.3) is 5.91 Å². The van der Waals surface area contributed by atoms with Crippen molar-refractivity contribution in [3.63, 3.8) is 0 Å². The number of hydrogen-bond donors (Lipinski definition) is 2. The van der Waals surface area contributed by atoms with Gasteiger partial charge in [-0.1, -0.05) is 18.2 Å². The number of alkyl halides is 3. The van der Waals surface area contributed by atoms with Crippen molar-refractivity contribution in [3.05, 3.63) is 48.0 Å². The lowest BCUT2D eigenvalue weighted by atomic mass is 10.1. The lowest BCUT2D eigenvalue weighted by Crippen LogP contribution is -2.54. The van der Waals surface area contributed by atoms with Gasteiger partial charge in [-0.2, -0.15) is 13.2 Å². The molecule has 1 aliphatic rings. The van der Waals surface area contributed by atoms with Gasteiger partial charge in [0.05, 0.1) is 0 Å². The van der Waals surface area contributed by atoms with Gasteiger partial charge in [-0.3, -0.25) is 4.79 Å². The molecule has 0 radical (unpaired) electrons. The monoisotopic (exact) mass is 301 g/mol. The van der Waals surface area contributed by atoms with Gasteiger partial charge in [0, 0.05) is 5.56 Å². The first-order chi connectivity index (χ1) is 9.73. The van der Waals surface area contributed by atoms with Crippen LogP contribution >= 0.6 is 0 Å². The van der Waals surface area contributed by atoms with Crippen LogP contribution in [0.1, 0.15) is 10.4 Å². The van der Waals surface area contributed by atoms with E-state index in [9.17, 15) is 27.9 Å². The van der Waals surface area contributed by atoms with E-state index >= 15 is 0 Å². The maximum Gasteiger partial charge on any atom is 0.459 e. The summed E-state index contributed by atoms with van der Waals surface area (Å²) in [6, 6.07) is 6.40. The summed E-state index contributed by atoms with van der Waals surface area (Å²) in [5.74, 6) is -5.72. The largest absolute Gasteiger partial charge is 0.459 e. The molecule has 1 aromatic carbocycles. The van der Waals surface area contributed by atoms with Crippen molar-refractivity contribution in [2.45, 2.75) is 18.0 Å². The molecule has 1 aliphatic heterocycles. The van der Waals surface area contributed by atoms with Crippen molar-refractivity contribution in [2.24, 2.45) is 0 Å². The van der Waals surface area contributed by atoms with Gasteiger partial charge in [-0.05, 0) is 24.3 Å². The summed E-state index contributed by atoms with van der Waals surface area (Å²) in [4.78, 5) is 23.3. The highest BCUT2D eigenvalue weighted by atomic mass is 19.4. The Labute approximate surface area is 117 Å². The van der Waals surface area contributed by atoms with Crippen LogP contribution in [-0.2, 0) is 9.53 Å². The highest BCUT2D eigenvalue weighted by Gasteiger charge is 2.58. The second-order valence-electron chi connectivity index (χ2n) is 4.29. The molecule has 0 fully saturated rings. The number of nitrogens with one attached hydrogen (secondary N) is 1. The number of amides is 1. The van der Waals surface area contributed by atoms with E-state index in [-0.39, 0.29) is 11.6 Å². The third-order valence-electron chi connectivity index (χ3n) is 2.75. The molecule has 8 heteroatoms. The van der Waals surface area contributed by atoms with Crippen molar-refractivity contribution in [2.75, 3.05) is 0 Å². The number of carbonyl (C=O) groups excluding carboxylic acids is 2. The molecule has 1 aromatic rings. The molecular formula is C13H10F3NO4. The lowest BCUT2D eigenvalue weighted by molar-refractivity contribution is -0.330. The molecule has 2 rings (SSSR count). The van der Waals surface area contributed by atoms with Gasteiger partial charge < -0.3 is 15.2 Å². The van der Waals surface area contributed by atoms with Crippen molar-refractivity contribution < 1.29 is 32.6 Å². The molecule has 1 amide bonds. The summed E-state index contributed by atoms with van der Waals surface area (Å²) < 4.78 is 41.4. The second kappa shape index (κ2) is 5.21. The van der Waals surface area contributed by atoms with E-state index in [1.54, 1.807) is 18.2 Å². The van der Waals surface area contributed by atoms with Crippen LogP contribution in [0.25, 0.3) is 0 Å². The van der Waals surface area contributed by atoms with Crippen LogP contribution < -0.4 is 5.32 Å². The number of esters is 1. The Bertz CT molecular complexity index is 585. The van der Waals surface area contributed by atoms with Gasteiger partial charge in [-0.15, -0.1) is 0 Å². The third kappa shape index (κ3) is 3.05. The zero-order valence-corrected chi connectivity index (χ0v) is 10.4. The van der Waals surface area contributed by atoms with E-state index in [4.69, 9.17) is 0 Å². The number of cyclic esters (lactones) is 1. The van der Waals surface area contributed by atoms with Gasteiger partial charge >= 0.3 is 17.9 Å². The fourth-order valence-electron chi connectivity index (χ4n) is 1.63. The molecular weight excluding hydrogens is 291 g/mol. The van der Waals surface area contributed by atoms with Crippen LogP contribution in [0.4, 0.5) is 13.2 Å². The van der Waals surface area contributed by atoms with Crippen LogP contribution in [0.15, 0.2) is 42.5 Å². The fourth-order valence-corrected chi connectivity index (χ4v) is 1.63. The summed E-state index contributed by atoms with van der Waals surface area (Å²) in [5, 5.41) is 11.4. The summed E-state index contributed by atoms with van der Waals surface area (Å²) in [6.07, 6.45) is -4.14. The maximum atomic E-state index is 12.5. The van der Waals surface area contributed by atoms with Crippen LogP contribution in [-0.4, -0.2) is 35.0 Å². The van der Waals surface area contributed by atoms with Gasteiger partial charge in [0.1, 0.15) is 6.04 Å². The Kier molecular flexibility index (Phi) is 3.73. The molecule has 1 heterocycles. The minimum absolute atomic E-state index is 0.232. The Hall–Kier alpha value is -2.35. The molecule has 0 aromatic heterocycles. The molecule has 112 valence electrons. The van der Waals surface area contributed by atoms with Crippen molar-refractivity contribution in [1.82, 2.24) is 5.32 Å². The minimum Gasteiger partial charge on any atom is -0.418 e. The van der Waals surface area contributed by atoms with Crippen LogP contribution in [0.2, 0.25) is 0 Å². The number of carbonyl (C=O) groups is 2. The SMILES string of the molecule is O=C(N[C@@H]1C=C[C@](O)(C(F)(F)F)OC1=O)c1ccccc1. The number of benzene rings is 1. The zero-order valence-electron chi connectivity index (χ0n) is 10.4. The molecule has 0 bridgehead atoms. The first kappa shape index (κ1) is 15.0. The molecule has 0 saturated carbocycles. The van der Waals surface area contributed by atoms with Gasteiger partial charge in [0.15, 0.2) is 0 Å². The fraction of sp³-hybridized carbons (Fsp3) is 0.231. The van der Waals surface area contributed by atoms with Crippen molar-refractivity contribution in [3.8, 4) is 0 Å². The first-order valence-corrected chi connectivity index (χ1v) is 5.80. The Balaban J connectivity index is 2.12. The number of rotatable bonds is 2. The summed E-state index contributed by atoms with van der Waals surface area (Å²) in [6.45, 7) is 0. The summed E-state index contributed by atoms with van der Waals surface area (Å²) in [7, 11) is 0. The van der Waals surface area contributed by atoms with E-state index in [0.717, 1.165) is 6.08 Å². The third-order valence-corrected chi connectivity index (χ3v) is 2.75. The zero-order chi connectivity index (χ0) is 15.7. The van der Waals surface area contributed by atoms with E-state index in [2.05, 4.69) is 10.1 Å². The Morgan fingerprint density at radius 3 is 2.43 bits per heavy atom. The standard InChI is InChI=1S/C13H10F3NO4/c14-13(15,16)12(20)7-6-9(11(19)21-12)17-10(18)8-4-2-1-3-5-8/h1-7,9,20H,(H,17,18)/t9-,12-/m1/s1. The Morgan fingerprint density at radius 1 is 1.29 bits per heavy atom. The van der Waals surface area contributed by atoms with Crippen molar-refractivity contribution in [1.29, 1.82) is 0 Å². The van der Waals surface area contributed by atoms with Gasteiger partial charge in [-0.25, -0.2) is 4.79 Å². The Morgan fingerprint density at radius 2 is 1.90 bits per heavy atom. The van der Waals surface area contributed by atoms with Crippen molar-refractivity contribution >= 4 is 11.9 Å². The molecule has 0 unspecified atom stereocenters.